The number of ether oxygens (including phenoxy) is 1. The van der Waals surface area contributed by atoms with E-state index < -0.39 is 28.2 Å². The summed E-state index contributed by atoms with van der Waals surface area (Å²) in [4.78, 5) is 10.5. The number of nitrogens with one attached hydrogen (secondary N) is 1. The molecule has 1 aromatic rings. The molecule has 6 nitrogen and oxygen atoms in total. The number of aliphatic carboxylic acids is 1. The third kappa shape index (κ3) is 3.53. The fraction of sp³-hybridized carbons (Fsp3) is 0.417. The lowest BCUT2D eigenvalue weighted by atomic mass is 10.2. The lowest BCUT2D eigenvalue weighted by Crippen LogP contribution is -2.40. The van der Waals surface area contributed by atoms with Gasteiger partial charge in [-0.2, -0.15) is 0 Å². The predicted molar refractivity (Wildman–Crippen MR) is 67.6 cm³/mol. The monoisotopic (exact) mass is 303 g/mol. The van der Waals surface area contributed by atoms with Crippen molar-refractivity contribution in [2.45, 2.75) is 23.5 Å². The van der Waals surface area contributed by atoms with Crippen molar-refractivity contribution in [1.82, 2.24) is 4.72 Å². The van der Waals surface area contributed by atoms with Gasteiger partial charge in [0.15, 0.2) is 0 Å². The molecule has 0 saturated carbocycles. The molecule has 0 bridgehead atoms. The van der Waals surface area contributed by atoms with Gasteiger partial charge in [-0.3, -0.25) is 4.79 Å². The second kappa shape index (κ2) is 5.86. The molecule has 0 aliphatic carbocycles. The minimum Gasteiger partial charge on any atom is -0.481 e. The molecule has 0 spiro atoms. The number of carboxylic acid groups (broad SMARTS) is 1. The van der Waals surface area contributed by atoms with Gasteiger partial charge in [0.1, 0.15) is 6.17 Å². The van der Waals surface area contributed by atoms with Crippen LogP contribution < -0.4 is 4.72 Å². The Morgan fingerprint density at radius 3 is 2.50 bits per heavy atom. The van der Waals surface area contributed by atoms with Gasteiger partial charge in [-0.05, 0) is 17.7 Å². The molecule has 1 saturated heterocycles. The molecule has 0 radical (unpaired) electrons. The van der Waals surface area contributed by atoms with E-state index in [-0.39, 0.29) is 24.5 Å². The first-order valence-corrected chi connectivity index (χ1v) is 7.42. The third-order valence-corrected chi connectivity index (χ3v) is 4.41. The fourth-order valence-corrected chi connectivity index (χ4v) is 3.11. The molecule has 1 heterocycles. The summed E-state index contributed by atoms with van der Waals surface area (Å²) in [6.07, 6.45) is -1.55. The molecule has 1 aliphatic rings. The van der Waals surface area contributed by atoms with Gasteiger partial charge in [0.25, 0.3) is 0 Å². The Balaban J connectivity index is 2.11. The lowest BCUT2D eigenvalue weighted by Gasteiger charge is -2.13. The standard InChI is InChI=1S/C12H14FNO5S/c13-10-6-19-7-11(10)14-20(17,18)9-3-1-8(2-4-9)5-12(15)16/h1-4,10-11,14H,5-7H2,(H,15,16)/t10-,11+/m0/s1. The quantitative estimate of drug-likeness (QED) is 0.817. The van der Waals surface area contributed by atoms with Crippen LogP contribution in [0.5, 0.6) is 0 Å². The zero-order valence-corrected chi connectivity index (χ0v) is 11.3. The molecule has 2 rings (SSSR count). The first kappa shape index (κ1) is 14.9. The number of sulfonamides is 1. The second-order valence-electron chi connectivity index (χ2n) is 4.50. The van der Waals surface area contributed by atoms with E-state index in [1.54, 1.807) is 0 Å². The van der Waals surface area contributed by atoms with Crippen molar-refractivity contribution in [3.05, 3.63) is 29.8 Å². The largest absolute Gasteiger partial charge is 0.481 e. The van der Waals surface area contributed by atoms with Gasteiger partial charge in [0.2, 0.25) is 10.0 Å². The van der Waals surface area contributed by atoms with Crippen LogP contribution in [0.4, 0.5) is 4.39 Å². The summed E-state index contributed by atoms with van der Waals surface area (Å²) >= 11 is 0. The van der Waals surface area contributed by atoms with Crippen LogP contribution in [-0.2, 0) is 26.0 Å². The molecule has 2 N–H and O–H groups in total. The number of carbonyl (C=O) groups is 1. The van der Waals surface area contributed by atoms with Gasteiger partial charge < -0.3 is 9.84 Å². The highest BCUT2D eigenvalue weighted by molar-refractivity contribution is 7.89. The predicted octanol–water partition coefficient (Wildman–Crippen LogP) is 0.329. The summed E-state index contributed by atoms with van der Waals surface area (Å²) in [6.45, 7) is -0.123. The van der Waals surface area contributed by atoms with Crippen molar-refractivity contribution in [2.75, 3.05) is 13.2 Å². The zero-order valence-electron chi connectivity index (χ0n) is 10.5. The first-order chi connectivity index (χ1) is 9.38. The SMILES string of the molecule is O=C(O)Cc1ccc(S(=O)(=O)N[C@@H]2COC[C@@H]2F)cc1. The van der Waals surface area contributed by atoms with Crippen molar-refractivity contribution >= 4 is 16.0 Å². The summed E-state index contributed by atoms with van der Waals surface area (Å²) < 4.78 is 44.4. The van der Waals surface area contributed by atoms with Crippen LogP contribution >= 0.6 is 0 Å². The zero-order chi connectivity index (χ0) is 14.8. The van der Waals surface area contributed by atoms with E-state index in [0.29, 0.717) is 5.56 Å². The summed E-state index contributed by atoms with van der Waals surface area (Å²) in [5.41, 5.74) is 0.490. The molecule has 8 heteroatoms. The fourth-order valence-electron chi connectivity index (χ4n) is 1.86. The number of carboxylic acids is 1. The second-order valence-corrected chi connectivity index (χ2v) is 6.21. The minimum absolute atomic E-state index is 0.00249. The maximum absolute atomic E-state index is 13.3. The van der Waals surface area contributed by atoms with E-state index in [9.17, 15) is 17.6 Å². The maximum Gasteiger partial charge on any atom is 0.307 e. The van der Waals surface area contributed by atoms with E-state index in [1.807, 2.05) is 0 Å². The molecule has 110 valence electrons. The van der Waals surface area contributed by atoms with Gasteiger partial charge in [-0.25, -0.2) is 17.5 Å². The van der Waals surface area contributed by atoms with E-state index in [0.717, 1.165) is 0 Å². The highest BCUT2D eigenvalue weighted by Crippen LogP contribution is 2.15. The molecule has 0 amide bonds. The molecule has 0 aromatic heterocycles. The lowest BCUT2D eigenvalue weighted by molar-refractivity contribution is -0.136. The average Bonchev–Trinajstić information content (AvgIpc) is 2.74. The normalized spacial score (nSPS) is 22.9. The Morgan fingerprint density at radius 1 is 1.35 bits per heavy atom. The Bertz CT molecular complexity index is 586. The number of benzene rings is 1. The number of halogens is 1. The van der Waals surface area contributed by atoms with Gasteiger partial charge >= 0.3 is 5.97 Å². The molecule has 2 atom stereocenters. The third-order valence-electron chi connectivity index (χ3n) is 2.91. The van der Waals surface area contributed by atoms with Crippen molar-refractivity contribution in [3.8, 4) is 0 Å². The van der Waals surface area contributed by atoms with Crippen LogP contribution in [0, 0.1) is 0 Å². The summed E-state index contributed by atoms with van der Waals surface area (Å²) in [5, 5.41) is 8.63. The van der Waals surface area contributed by atoms with Crippen LogP contribution in [0.1, 0.15) is 5.56 Å². The van der Waals surface area contributed by atoms with Crippen LogP contribution in [0.3, 0.4) is 0 Å². The number of alkyl halides is 1. The molecule has 1 aromatic carbocycles. The van der Waals surface area contributed by atoms with E-state index in [4.69, 9.17) is 9.84 Å². The van der Waals surface area contributed by atoms with Crippen LogP contribution in [-0.4, -0.2) is 44.9 Å². The van der Waals surface area contributed by atoms with Gasteiger partial charge in [0.05, 0.1) is 30.6 Å². The minimum atomic E-state index is -3.84. The van der Waals surface area contributed by atoms with Gasteiger partial charge in [0, 0.05) is 0 Å². The van der Waals surface area contributed by atoms with Crippen LogP contribution in [0.25, 0.3) is 0 Å². The van der Waals surface area contributed by atoms with Crippen molar-refractivity contribution in [2.24, 2.45) is 0 Å². The molecule has 1 aliphatic heterocycles. The number of rotatable bonds is 5. The molecule has 20 heavy (non-hydrogen) atoms. The molecule has 1 fully saturated rings. The van der Waals surface area contributed by atoms with Gasteiger partial charge in [-0.15, -0.1) is 0 Å². The first-order valence-electron chi connectivity index (χ1n) is 5.93. The number of hydrogen-bond acceptors (Lipinski definition) is 4. The van der Waals surface area contributed by atoms with E-state index in [1.165, 1.54) is 24.3 Å². The number of hydrogen-bond donors (Lipinski definition) is 2. The summed E-state index contributed by atoms with van der Waals surface area (Å²) in [5.74, 6) is -0.998. The Labute approximate surface area is 115 Å². The Kier molecular flexibility index (Phi) is 4.36. The highest BCUT2D eigenvalue weighted by atomic mass is 32.2. The molecular formula is C12H14FNO5S. The van der Waals surface area contributed by atoms with Gasteiger partial charge in [-0.1, -0.05) is 12.1 Å². The van der Waals surface area contributed by atoms with E-state index >= 15 is 0 Å². The smallest absolute Gasteiger partial charge is 0.307 e. The van der Waals surface area contributed by atoms with Crippen molar-refractivity contribution in [3.63, 3.8) is 0 Å². The maximum atomic E-state index is 13.3. The summed E-state index contributed by atoms with van der Waals surface area (Å²) in [7, 11) is -3.84. The van der Waals surface area contributed by atoms with Crippen molar-refractivity contribution < 1.29 is 27.4 Å². The Morgan fingerprint density at radius 2 is 2.00 bits per heavy atom. The van der Waals surface area contributed by atoms with Crippen molar-refractivity contribution in [1.29, 1.82) is 0 Å². The average molecular weight is 303 g/mol. The molecule has 0 unspecified atom stereocenters. The Hall–Kier alpha value is -1.51. The van der Waals surface area contributed by atoms with Crippen LogP contribution in [0.15, 0.2) is 29.2 Å². The summed E-state index contributed by atoms with van der Waals surface area (Å²) in [6, 6.07) is 4.54. The highest BCUT2D eigenvalue weighted by Gasteiger charge is 2.32. The molecular weight excluding hydrogens is 289 g/mol. The van der Waals surface area contributed by atoms with Crippen LogP contribution in [0.2, 0.25) is 0 Å². The van der Waals surface area contributed by atoms with E-state index in [2.05, 4.69) is 4.72 Å². The topological polar surface area (TPSA) is 92.7 Å².